The summed E-state index contributed by atoms with van der Waals surface area (Å²) in [5.74, 6) is -0.331. The summed E-state index contributed by atoms with van der Waals surface area (Å²) in [7, 11) is 0. The molecule has 0 aromatic heterocycles. The largest absolute Gasteiger partial charge is 0.465 e. The predicted octanol–water partition coefficient (Wildman–Crippen LogP) is 3.55. The Morgan fingerprint density at radius 1 is 0.786 bits per heavy atom. The minimum absolute atomic E-state index is 0.0212. The molecule has 6 rings (SSSR count). The van der Waals surface area contributed by atoms with Crippen LogP contribution in [-0.4, -0.2) is 48.6 Å². The number of rotatable bonds is 9. The SMILES string of the molecule is CC12CCC(C(=O)OCCCCCCOC(=O)C3CCC4(C)CC3O4)C(C1)O2. The quantitative estimate of drug-likeness (QED) is 0.440. The van der Waals surface area contributed by atoms with Crippen molar-refractivity contribution in [1.29, 1.82) is 0 Å². The van der Waals surface area contributed by atoms with Crippen molar-refractivity contribution in [3.63, 3.8) is 0 Å². The second-order valence-corrected chi connectivity index (χ2v) is 9.66. The van der Waals surface area contributed by atoms with Crippen LogP contribution >= 0.6 is 0 Å². The van der Waals surface area contributed by atoms with Crippen LogP contribution in [0.3, 0.4) is 0 Å². The number of hydrogen-bond donors (Lipinski definition) is 0. The number of hydrogen-bond acceptors (Lipinski definition) is 6. The third-order valence-electron chi connectivity index (χ3n) is 7.14. The predicted molar refractivity (Wildman–Crippen MR) is 102 cm³/mol. The number of unbranched alkanes of at least 4 members (excludes halogenated alkanes) is 3. The summed E-state index contributed by atoms with van der Waals surface area (Å²) in [5, 5.41) is 0. The highest BCUT2D eigenvalue weighted by atomic mass is 16.6. The smallest absolute Gasteiger partial charge is 0.311 e. The number of esters is 2. The Bertz CT molecular complexity index is 527. The summed E-state index contributed by atoms with van der Waals surface area (Å²) in [6, 6.07) is 0. The van der Waals surface area contributed by atoms with Crippen LogP contribution in [0.4, 0.5) is 0 Å². The van der Waals surface area contributed by atoms with Gasteiger partial charge in [-0.15, -0.1) is 0 Å². The fourth-order valence-electron chi connectivity index (χ4n) is 5.28. The van der Waals surface area contributed by atoms with Gasteiger partial charge in [-0.3, -0.25) is 9.59 Å². The molecular weight excluding hydrogens is 360 g/mol. The molecule has 0 aromatic carbocycles. The second-order valence-electron chi connectivity index (χ2n) is 9.66. The lowest BCUT2D eigenvalue weighted by molar-refractivity contribution is -0.251. The van der Waals surface area contributed by atoms with Gasteiger partial charge in [0.2, 0.25) is 0 Å². The molecule has 0 spiro atoms. The molecule has 0 N–H and O–H groups in total. The molecule has 0 radical (unpaired) electrons. The highest BCUT2D eigenvalue weighted by molar-refractivity contribution is 5.74. The zero-order chi connectivity index (χ0) is 19.8. The minimum atomic E-state index is -0.0949. The Morgan fingerprint density at radius 3 is 1.50 bits per heavy atom. The first-order valence-corrected chi connectivity index (χ1v) is 11.1. The average Bonchev–Trinajstić information content (AvgIpc) is 2.62. The lowest BCUT2D eigenvalue weighted by atomic mass is 9.72. The van der Waals surface area contributed by atoms with Crippen LogP contribution in [0.15, 0.2) is 0 Å². The van der Waals surface area contributed by atoms with Crippen molar-refractivity contribution in [3.8, 4) is 0 Å². The van der Waals surface area contributed by atoms with E-state index in [4.69, 9.17) is 18.9 Å². The van der Waals surface area contributed by atoms with E-state index in [1.54, 1.807) is 0 Å². The lowest BCUT2D eigenvalue weighted by Crippen LogP contribution is -2.57. The van der Waals surface area contributed by atoms with E-state index in [1.807, 2.05) is 0 Å². The summed E-state index contributed by atoms with van der Waals surface area (Å²) in [6.07, 6.45) is 9.45. The van der Waals surface area contributed by atoms with E-state index in [2.05, 4.69) is 13.8 Å². The number of carbonyl (C=O) groups excluding carboxylic acids is 2. The van der Waals surface area contributed by atoms with Crippen molar-refractivity contribution in [2.45, 2.75) is 101 Å². The fourth-order valence-corrected chi connectivity index (χ4v) is 5.28. The molecule has 2 saturated carbocycles. The van der Waals surface area contributed by atoms with Crippen molar-refractivity contribution in [2.75, 3.05) is 13.2 Å². The molecule has 158 valence electrons. The van der Waals surface area contributed by atoms with Crippen molar-refractivity contribution < 1.29 is 28.5 Å². The first kappa shape index (κ1) is 20.1. The Balaban J connectivity index is 1.000. The maximum absolute atomic E-state index is 12.2. The summed E-state index contributed by atoms with van der Waals surface area (Å²) in [4.78, 5) is 24.4. The van der Waals surface area contributed by atoms with E-state index in [1.165, 1.54) is 0 Å². The highest BCUT2D eigenvalue weighted by Gasteiger charge is 2.53. The minimum Gasteiger partial charge on any atom is -0.465 e. The molecule has 4 bridgehead atoms. The maximum atomic E-state index is 12.2. The molecule has 6 heteroatoms. The molecule has 4 saturated heterocycles. The van der Waals surface area contributed by atoms with Gasteiger partial charge in [-0.25, -0.2) is 0 Å². The van der Waals surface area contributed by atoms with Gasteiger partial charge in [0.15, 0.2) is 0 Å². The Kier molecular flexibility index (Phi) is 5.71. The molecule has 6 aliphatic rings. The Morgan fingerprint density at radius 2 is 1.18 bits per heavy atom. The van der Waals surface area contributed by atoms with Crippen molar-refractivity contribution in [1.82, 2.24) is 0 Å². The highest BCUT2D eigenvalue weighted by Crippen LogP contribution is 2.48. The Labute approximate surface area is 167 Å². The van der Waals surface area contributed by atoms with Crippen LogP contribution in [0.2, 0.25) is 0 Å². The molecule has 6 atom stereocenters. The molecule has 6 unspecified atom stereocenters. The van der Waals surface area contributed by atoms with Crippen LogP contribution in [0.25, 0.3) is 0 Å². The van der Waals surface area contributed by atoms with Gasteiger partial charge in [0.1, 0.15) is 0 Å². The molecule has 0 aromatic rings. The van der Waals surface area contributed by atoms with Crippen molar-refractivity contribution >= 4 is 11.9 Å². The molecule has 6 nitrogen and oxygen atoms in total. The third kappa shape index (κ3) is 4.23. The Hall–Kier alpha value is -1.14. The molecule has 4 heterocycles. The van der Waals surface area contributed by atoms with Gasteiger partial charge in [0.05, 0.1) is 48.5 Å². The van der Waals surface area contributed by atoms with Gasteiger partial charge < -0.3 is 18.9 Å². The van der Waals surface area contributed by atoms with Gasteiger partial charge in [-0.05, 0) is 65.2 Å². The first-order chi connectivity index (χ1) is 13.4. The third-order valence-corrected chi connectivity index (χ3v) is 7.14. The number of carbonyl (C=O) groups is 2. The number of fused-ring (bicyclic) bond motifs is 4. The lowest BCUT2D eigenvalue weighted by Gasteiger charge is -2.53. The van der Waals surface area contributed by atoms with E-state index < -0.39 is 0 Å². The summed E-state index contributed by atoms with van der Waals surface area (Å²) in [6.45, 7) is 5.18. The first-order valence-electron chi connectivity index (χ1n) is 11.1. The van der Waals surface area contributed by atoms with Crippen molar-refractivity contribution in [2.24, 2.45) is 11.8 Å². The van der Waals surface area contributed by atoms with Gasteiger partial charge in [-0.1, -0.05) is 0 Å². The molecule has 0 amide bonds. The van der Waals surface area contributed by atoms with Gasteiger partial charge in [-0.2, -0.15) is 0 Å². The van der Waals surface area contributed by atoms with E-state index in [0.717, 1.165) is 64.2 Å². The second kappa shape index (κ2) is 7.94. The normalized spacial score (nSPS) is 40.8. The van der Waals surface area contributed by atoms with Gasteiger partial charge in [0, 0.05) is 12.8 Å². The van der Waals surface area contributed by atoms with Crippen LogP contribution in [0.5, 0.6) is 0 Å². The fraction of sp³-hybridized carbons (Fsp3) is 0.909. The number of ether oxygens (including phenoxy) is 4. The van der Waals surface area contributed by atoms with Crippen LogP contribution < -0.4 is 0 Å². The molecule has 4 aliphatic heterocycles. The van der Waals surface area contributed by atoms with Crippen LogP contribution in [0.1, 0.15) is 78.1 Å². The average molecular weight is 395 g/mol. The molecule has 28 heavy (non-hydrogen) atoms. The summed E-state index contributed by atoms with van der Waals surface area (Å²) >= 11 is 0. The molecular formula is C22H34O6. The van der Waals surface area contributed by atoms with Gasteiger partial charge in [0.25, 0.3) is 0 Å². The zero-order valence-electron chi connectivity index (χ0n) is 17.2. The van der Waals surface area contributed by atoms with Crippen LogP contribution in [-0.2, 0) is 28.5 Å². The van der Waals surface area contributed by atoms with Crippen molar-refractivity contribution in [3.05, 3.63) is 0 Å². The molecule has 6 fully saturated rings. The standard InChI is InChI=1S/C22H34O6/c1-21-9-7-15(17(13-21)27-21)19(23)25-11-5-3-4-6-12-26-20(24)16-8-10-22(2)14-18(16)28-22/h15-18H,3-14H2,1-2H3. The zero-order valence-corrected chi connectivity index (χ0v) is 17.2. The van der Waals surface area contributed by atoms with E-state index in [-0.39, 0.29) is 47.2 Å². The maximum Gasteiger partial charge on any atom is 0.311 e. The van der Waals surface area contributed by atoms with Gasteiger partial charge >= 0.3 is 11.9 Å². The van der Waals surface area contributed by atoms with E-state index >= 15 is 0 Å². The van der Waals surface area contributed by atoms with E-state index in [0.29, 0.717) is 13.2 Å². The topological polar surface area (TPSA) is 71.1 Å². The summed E-state index contributed by atoms with van der Waals surface area (Å²) in [5.41, 5.74) is 0.0424. The molecule has 2 aliphatic carbocycles. The summed E-state index contributed by atoms with van der Waals surface area (Å²) < 4.78 is 22.5. The monoisotopic (exact) mass is 394 g/mol. The van der Waals surface area contributed by atoms with E-state index in [9.17, 15) is 9.59 Å². The van der Waals surface area contributed by atoms with Crippen LogP contribution in [0, 0.1) is 11.8 Å².